The van der Waals surface area contributed by atoms with E-state index in [1.807, 2.05) is 14.0 Å². The van der Waals surface area contributed by atoms with Gasteiger partial charge in [-0.3, -0.25) is 4.68 Å². The Morgan fingerprint density at radius 3 is 2.75 bits per heavy atom. The van der Waals surface area contributed by atoms with Gasteiger partial charge in [0, 0.05) is 12.3 Å². The van der Waals surface area contributed by atoms with Gasteiger partial charge < -0.3 is 10.1 Å². The number of aromatic nitrogens is 2. The first kappa shape index (κ1) is 13.2. The Balaban J connectivity index is 2.64. The Morgan fingerprint density at radius 1 is 1.38 bits per heavy atom. The fourth-order valence-electron chi connectivity index (χ4n) is 1.86. The van der Waals surface area contributed by atoms with Crippen molar-refractivity contribution in [1.29, 1.82) is 0 Å². The molecule has 1 N–H and O–H groups in total. The number of ether oxygens (including phenoxy) is 1. The van der Waals surface area contributed by atoms with Crippen LogP contribution in [0.2, 0.25) is 0 Å². The summed E-state index contributed by atoms with van der Waals surface area (Å²) in [6.07, 6.45) is 1.04. The molecule has 0 aromatic carbocycles. The summed E-state index contributed by atoms with van der Waals surface area (Å²) in [5, 5.41) is 7.71. The predicted octanol–water partition coefficient (Wildman–Crippen LogP) is 1.30. The lowest BCUT2D eigenvalue weighted by Crippen LogP contribution is -2.12. The Morgan fingerprint density at radius 2 is 2.12 bits per heavy atom. The van der Waals surface area contributed by atoms with E-state index in [0.29, 0.717) is 0 Å². The maximum absolute atomic E-state index is 5.35. The fourth-order valence-corrected chi connectivity index (χ4v) is 1.86. The first-order valence-corrected chi connectivity index (χ1v) is 5.96. The highest BCUT2D eigenvalue weighted by atomic mass is 16.5. The highest BCUT2D eigenvalue weighted by molar-refractivity contribution is 5.24. The van der Waals surface area contributed by atoms with Gasteiger partial charge in [-0.15, -0.1) is 0 Å². The Hall–Kier alpha value is -0.870. The average Bonchev–Trinajstić information content (AvgIpc) is 2.53. The van der Waals surface area contributed by atoms with Crippen LogP contribution in [-0.2, 0) is 17.7 Å². The molecule has 1 aromatic rings. The number of aryl methyl sites for hydroxylation is 1. The van der Waals surface area contributed by atoms with Crippen LogP contribution in [0.1, 0.15) is 23.9 Å². The molecule has 0 amide bonds. The van der Waals surface area contributed by atoms with Gasteiger partial charge in [-0.05, 0) is 46.3 Å². The second-order valence-corrected chi connectivity index (χ2v) is 3.92. The average molecular weight is 225 g/mol. The summed E-state index contributed by atoms with van der Waals surface area (Å²) < 4.78 is 7.40. The normalized spacial score (nSPS) is 11.0. The fraction of sp³-hybridized carbons (Fsp3) is 0.750. The summed E-state index contributed by atoms with van der Waals surface area (Å²) in [6, 6.07) is 0. The largest absolute Gasteiger partial charge is 0.380 e. The van der Waals surface area contributed by atoms with Crippen molar-refractivity contribution in [2.24, 2.45) is 0 Å². The number of hydrogen-bond donors (Lipinski definition) is 1. The maximum Gasteiger partial charge on any atom is 0.0662 e. The van der Waals surface area contributed by atoms with Crippen LogP contribution in [0.4, 0.5) is 0 Å². The van der Waals surface area contributed by atoms with E-state index in [2.05, 4.69) is 28.9 Å². The molecule has 0 aliphatic carbocycles. The summed E-state index contributed by atoms with van der Waals surface area (Å²) in [5.41, 5.74) is 3.78. The molecule has 0 unspecified atom stereocenters. The lowest BCUT2D eigenvalue weighted by atomic mass is 10.1. The summed E-state index contributed by atoms with van der Waals surface area (Å²) in [5.74, 6) is 0. The van der Waals surface area contributed by atoms with Crippen molar-refractivity contribution in [3.8, 4) is 0 Å². The molecule has 0 aliphatic heterocycles. The lowest BCUT2D eigenvalue weighted by Gasteiger charge is -2.05. The number of hydrogen-bond acceptors (Lipinski definition) is 3. The van der Waals surface area contributed by atoms with E-state index in [1.54, 1.807) is 0 Å². The molecule has 16 heavy (non-hydrogen) atoms. The van der Waals surface area contributed by atoms with Crippen molar-refractivity contribution in [2.45, 2.75) is 33.7 Å². The van der Waals surface area contributed by atoms with Crippen LogP contribution in [0.5, 0.6) is 0 Å². The van der Waals surface area contributed by atoms with Gasteiger partial charge in [0.15, 0.2) is 0 Å². The van der Waals surface area contributed by atoms with Gasteiger partial charge in [0.1, 0.15) is 0 Å². The van der Waals surface area contributed by atoms with Crippen molar-refractivity contribution >= 4 is 0 Å². The molecule has 0 saturated carbocycles. The minimum atomic E-state index is 0.740. The molecule has 92 valence electrons. The molecule has 0 atom stereocenters. The van der Waals surface area contributed by atoms with Gasteiger partial charge in [-0.1, -0.05) is 0 Å². The van der Waals surface area contributed by atoms with E-state index in [-0.39, 0.29) is 0 Å². The summed E-state index contributed by atoms with van der Waals surface area (Å²) in [6.45, 7) is 9.58. The molecular weight excluding hydrogens is 202 g/mol. The molecular formula is C12H23N3O. The van der Waals surface area contributed by atoms with E-state index >= 15 is 0 Å². The highest BCUT2D eigenvalue weighted by Gasteiger charge is 2.10. The van der Waals surface area contributed by atoms with E-state index in [4.69, 9.17) is 4.74 Å². The minimum Gasteiger partial charge on any atom is -0.380 e. The SMILES string of the molecule is CCOCCn1nc(C)c(CCNC)c1C. The van der Waals surface area contributed by atoms with Crippen LogP contribution >= 0.6 is 0 Å². The van der Waals surface area contributed by atoms with Crippen LogP contribution in [0.15, 0.2) is 0 Å². The monoisotopic (exact) mass is 225 g/mol. The molecule has 0 radical (unpaired) electrons. The minimum absolute atomic E-state index is 0.740. The maximum atomic E-state index is 5.35. The van der Waals surface area contributed by atoms with E-state index in [1.165, 1.54) is 11.3 Å². The first-order chi connectivity index (χ1) is 7.70. The lowest BCUT2D eigenvalue weighted by molar-refractivity contribution is 0.135. The number of likely N-dealkylation sites (N-methyl/N-ethyl adjacent to an activating group) is 1. The summed E-state index contributed by atoms with van der Waals surface area (Å²) >= 11 is 0. The zero-order chi connectivity index (χ0) is 12.0. The zero-order valence-electron chi connectivity index (χ0n) is 10.8. The van der Waals surface area contributed by atoms with Crippen LogP contribution in [0.3, 0.4) is 0 Å². The second-order valence-electron chi connectivity index (χ2n) is 3.92. The van der Waals surface area contributed by atoms with E-state index in [0.717, 1.165) is 38.4 Å². The highest BCUT2D eigenvalue weighted by Crippen LogP contribution is 2.13. The van der Waals surface area contributed by atoms with Gasteiger partial charge in [0.2, 0.25) is 0 Å². The third-order valence-electron chi connectivity index (χ3n) is 2.81. The summed E-state index contributed by atoms with van der Waals surface area (Å²) in [4.78, 5) is 0. The quantitative estimate of drug-likeness (QED) is 0.711. The standard InChI is InChI=1S/C12H23N3O/c1-5-16-9-8-15-11(3)12(6-7-13-4)10(2)14-15/h13H,5-9H2,1-4H3. The first-order valence-electron chi connectivity index (χ1n) is 5.96. The molecule has 0 saturated heterocycles. The van der Waals surface area contributed by atoms with Crippen LogP contribution in [0, 0.1) is 13.8 Å². The molecule has 0 fully saturated rings. The molecule has 4 heteroatoms. The predicted molar refractivity (Wildman–Crippen MR) is 65.8 cm³/mol. The molecule has 1 aromatic heterocycles. The number of rotatable bonds is 7. The van der Waals surface area contributed by atoms with Crippen molar-refractivity contribution in [2.75, 3.05) is 26.8 Å². The van der Waals surface area contributed by atoms with Gasteiger partial charge in [-0.25, -0.2) is 0 Å². The van der Waals surface area contributed by atoms with Gasteiger partial charge in [-0.2, -0.15) is 5.10 Å². The van der Waals surface area contributed by atoms with Crippen molar-refractivity contribution in [1.82, 2.24) is 15.1 Å². The Bertz CT molecular complexity index is 320. The molecule has 0 spiro atoms. The zero-order valence-corrected chi connectivity index (χ0v) is 10.8. The molecule has 1 rings (SSSR count). The van der Waals surface area contributed by atoms with Crippen LogP contribution in [0.25, 0.3) is 0 Å². The number of nitrogens with zero attached hydrogens (tertiary/aromatic N) is 2. The third-order valence-corrected chi connectivity index (χ3v) is 2.81. The Labute approximate surface area is 98.0 Å². The third kappa shape index (κ3) is 3.32. The molecule has 0 aliphatic rings. The van der Waals surface area contributed by atoms with E-state index in [9.17, 15) is 0 Å². The molecule has 4 nitrogen and oxygen atoms in total. The van der Waals surface area contributed by atoms with Crippen LogP contribution in [-0.4, -0.2) is 36.6 Å². The van der Waals surface area contributed by atoms with Gasteiger partial charge in [0.25, 0.3) is 0 Å². The molecule has 0 bridgehead atoms. The Kier molecular flexibility index (Phi) is 5.49. The van der Waals surface area contributed by atoms with Crippen LogP contribution < -0.4 is 5.32 Å². The van der Waals surface area contributed by atoms with Crippen molar-refractivity contribution < 1.29 is 4.74 Å². The van der Waals surface area contributed by atoms with Crippen molar-refractivity contribution in [3.05, 3.63) is 17.0 Å². The second kappa shape index (κ2) is 6.66. The smallest absolute Gasteiger partial charge is 0.0662 e. The topological polar surface area (TPSA) is 39.1 Å². The summed E-state index contributed by atoms with van der Waals surface area (Å²) in [7, 11) is 1.98. The van der Waals surface area contributed by atoms with Gasteiger partial charge >= 0.3 is 0 Å². The number of nitrogens with one attached hydrogen (secondary N) is 1. The van der Waals surface area contributed by atoms with Gasteiger partial charge in [0.05, 0.1) is 18.8 Å². The van der Waals surface area contributed by atoms with E-state index < -0.39 is 0 Å². The van der Waals surface area contributed by atoms with Crippen molar-refractivity contribution in [3.63, 3.8) is 0 Å². The molecule has 1 heterocycles.